The molecule has 2 aromatic carbocycles. The molecule has 1 atom stereocenters. The van der Waals surface area contributed by atoms with Crippen LogP contribution < -0.4 is 15.2 Å². The molecule has 2 aliphatic rings. The van der Waals surface area contributed by atoms with E-state index in [2.05, 4.69) is 17.2 Å². The van der Waals surface area contributed by atoms with Crippen molar-refractivity contribution in [3.63, 3.8) is 0 Å². The van der Waals surface area contributed by atoms with Crippen molar-refractivity contribution in [3.8, 4) is 17.6 Å². The number of rotatable bonds is 5. The molecule has 0 radical (unpaired) electrons. The second-order valence-corrected chi connectivity index (χ2v) is 7.65. The van der Waals surface area contributed by atoms with Gasteiger partial charge in [-0.3, -0.25) is 0 Å². The van der Waals surface area contributed by atoms with Gasteiger partial charge in [-0.05, 0) is 35.4 Å². The van der Waals surface area contributed by atoms with E-state index in [1.807, 2.05) is 55.6 Å². The highest BCUT2D eigenvalue weighted by Gasteiger charge is 2.36. The van der Waals surface area contributed by atoms with Crippen LogP contribution in [0.3, 0.4) is 0 Å². The minimum atomic E-state index is -0.262. The normalized spacial score (nSPS) is 18.1. The number of likely N-dealkylation sites (N-methyl/N-ethyl adjacent to an activating group) is 1. The summed E-state index contributed by atoms with van der Waals surface area (Å²) in [4.78, 5) is 2.12. The van der Waals surface area contributed by atoms with E-state index in [4.69, 9.17) is 19.9 Å². The molecular weight excluding hydrogens is 390 g/mol. The van der Waals surface area contributed by atoms with Gasteiger partial charge in [0.25, 0.3) is 0 Å². The van der Waals surface area contributed by atoms with Crippen molar-refractivity contribution in [2.75, 3.05) is 27.8 Å². The second kappa shape index (κ2) is 8.49. The molecular formula is C25H25N3O3. The zero-order valence-electron chi connectivity index (χ0n) is 17.9. The highest BCUT2D eigenvalue weighted by atomic mass is 16.5. The van der Waals surface area contributed by atoms with Gasteiger partial charge in [-0.2, -0.15) is 5.26 Å². The van der Waals surface area contributed by atoms with Crippen LogP contribution in [-0.2, 0) is 11.2 Å². The van der Waals surface area contributed by atoms with Gasteiger partial charge in [0, 0.05) is 37.4 Å². The van der Waals surface area contributed by atoms with Crippen molar-refractivity contribution < 1.29 is 14.2 Å². The molecule has 2 aromatic rings. The Bertz CT molecular complexity index is 1110. The van der Waals surface area contributed by atoms with Crippen molar-refractivity contribution in [3.05, 3.63) is 94.2 Å². The van der Waals surface area contributed by atoms with E-state index in [0.717, 1.165) is 39.5 Å². The van der Waals surface area contributed by atoms with E-state index >= 15 is 0 Å². The Kier molecular flexibility index (Phi) is 5.59. The summed E-state index contributed by atoms with van der Waals surface area (Å²) >= 11 is 0. The average molecular weight is 415 g/mol. The molecule has 0 saturated heterocycles. The Morgan fingerprint density at radius 1 is 1.06 bits per heavy atom. The lowest BCUT2D eigenvalue weighted by Gasteiger charge is -2.35. The molecule has 0 bridgehead atoms. The zero-order chi connectivity index (χ0) is 22.0. The number of hydrogen-bond acceptors (Lipinski definition) is 6. The van der Waals surface area contributed by atoms with E-state index in [-0.39, 0.29) is 11.8 Å². The van der Waals surface area contributed by atoms with Crippen LogP contribution in [-0.4, -0.2) is 32.7 Å². The van der Waals surface area contributed by atoms with Crippen LogP contribution in [0.2, 0.25) is 0 Å². The van der Waals surface area contributed by atoms with Crippen LogP contribution in [0.5, 0.6) is 11.5 Å². The topological polar surface area (TPSA) is 80.7 Å². The Morgan fingerprint density at radius 2 is 1.68 bits per heavy atom. The molecule has 6 heteroatoms. The highest BCUT2D eigenvalue weighted by molar-refractivity contribution is 5.55. The maximum Gasteiger partial charge on any atom is 0.205 e. The van der Waals surface area contributed by atoms with Gasteiger partial charge < -0.3 is 24.8 Å². The summed E-state index contributed by atoms with van der Waals surface area (Å²) in [7, 11) is 5.31. The first-order valence-electron chi connectivity index (χ1n) is 10.0. The molecule has 0 amide bonds. The Balaban J connectivity index is 1.75. The predicted octanol–water partition coefficient (Wildman–Crippen LogP) is 3.84. The first-order chi connectivity index (χ1) is 15.0. The van der Waals surface area contributed by atoms with Gasteiger partial charge in [0.15, 0.2) is 0 Å². The Morgan fingerprint density at radius 3 is 2.26 bits per heavy atom. The SMILES string of the molecule is COc1ccc(CC2=CN(C)CC3=C2OC(N)=C(C#N)C3c2ccc(OC)cc2)cc1. The molecule has 2 heterocycles. The van der Waals surface area contributed by atoms with E-state index < -0.39 is 0 Å². The first kappa shape index (κ1) is 20.4. The van der Waals surface area contributed by atoms with Crippen LogP contribution >= 0.6 is 0 Å². The fraction of sp³-hybridized carbons (Fsp3) is 0.240. The Labute approximate surface area is 182 Å². The van der Waals surface area contributed by atoms with Crippen molar-refractivity contribution in [1.82, 2.24) is 4.90 Å². The largest absolute Gasteiger partial charge is 0.497 e. The van der Waals surface area contributed by atoms with Crippen molar-refractivity contribution in [1.29, 1.82) is 5.26 Å². The first-order valence-corrected chi connectivity index (χ1v) is 10.0. The molecule has 0 spiro atoms. The third-order valence-electron chi connectivity index (χ3n) is 5.62. The summed E-state index contributed by atoms with van der Waals surface area (Å²) in [6, 6.07) is 18.0. The lowest BCUT2D eigenvalue weighted by atomic mass is 9.80. The maximum absolute atomic E-state index is 9.85. The lowest BCUT2D eigenvalue weighted by molar-refractivity contribution is 0.270. The zero-order valence-corrected chi connectivity index (χ0v) is 17.9. The van der Waals surface area contributed by atoms with Gasteiger partial charge in [0.1, 0.15) is 28.9 Å². The fourth-order valence-corrected chi connectivity index (χ4v) is 4.13. The average Bonchev–Trinajstić information content (AvgIpc) is 2.79. The number of hydrogen-bond donors (Lipinski definition) is 1. The number of nitrogens with two attached hydrogens (primary N) is 1. The van der Waals surface area contributed by atoms with Crippen LogP contribution in [0.15, 0.2) is 83.1 Å². The number of benzene rings is 2. The van der Waals surface area contributed by atoms with Crippen LogP contribution in [0, 0.1) is 11.3 Å². The third kappa shape index (κ3) is 3.95. The minimum Gasteiger partial charge on any atom is -0.497 e. The summed E-state index contributed by atoms with van der Waals surface area (Å²) in [5.74, 6) is 2.24. The molecule has 0 aromatic heterocycles. The number of nitriles is 1. The molecule has 0 saturated carbocycles. The maximum atomic E-state index is 9.85. The van der Waals surface area contributed by atoms with E-state index in [1.165, 1.54) is 0 Å². The molecule has 0 aliphatic carbocycles. The monoisotopic (exact) mass is 415 g/mol. The lowest BCUT2D eigenvalue weighted by Crippen LogP contribution is -2.31. The molecule has 1 unspecified atom stereocenters. The standard InChI is InChI=1S/C25H25N3O3/c1-28-14-18(12-16-4-8-19(29-2)9-5-16)24-22(15-28)23(21(13-26)25(27)31-24)17-6-10-20(30-3)11-7-17/h4-11,14,23H,12,15,27H2,1-3H3. The van der Waals surface area contributed by atoms with Gasteiger partial charge in [-0.15, -0.1) is 0 Å². The summed E-state index contributed by atoms with van der Waals surface area (Å²) in [5, 5.41) is 9.85. The molecule has 2 aliphatic heterocycles. The van der Waals surface area contributed by atoms with Crippen molar-refractivity contribution in [2.45, 2.75) is 12.3 Å². The van der Waals surface area contributed by atoms with Crippen molar-refractivity contribution >= 4 is 0 Å². The van der Waals surface area contributed by atoms with Crippen LogP contribution in [0.1, 0.15) is 17.0 Å². The number of ether oxygens (including phenoxy) is 3. The summed E-state index contributed by atoms with van der Waals surface area (Å²) in [6.07, 6.45) is 2.76. The number of methoxy groups -OCH3 is 2. The van der Waals surface area contributed by atoms with Gasteiger partial charge >= 0.3 is 0 Å². The minimum absolute atomic E-state index is 0.159. The van der Waals surface area contributed by atoms with E-state index in [0.29, 0.717) is 18.5 Å². The van der Waals surface area contributed by atoms with Crippen LogP contribution in [0.4, 0.5) is 0 Å². The van der Waals surface area contributed by atoms with E-state index in [1.54, 1.807) is 14.2 Å². The highest BCUT2D eigenvalue weighted by Crippen LogP contribution is 2.43. The molecule has 6 nitrogen and oxygen atoms in total. The molecule has 31 heavy (non-hydrogen) atoms. The van der Waals surface area contributed by atoms with Crippen molar-refractivity contribution in [2.24, 2.45) is 5.73 Å². The van der Waals surface area contributed by atoms with Crippen LogP contribution in [0.25, 0.3) is 0 Å². The summed E-state index contributed by atoms with van der Waals surface area (Å²) < 4.78 is 16.6. The van der Waals surface area contributed by atoms with Gasteiger partial charge in [0.05, 0.1) is 20.1 Å². The molecule has 2 N–H and O–H groups in total. The number of allylic oxidation sites excluding steroid dienone is 2. The van der Waals surface area contributed by atoms with Gasteiger partial charge in [-0.1, -0.05) is 24.3 Å². The quantitative estimate of drug-likeness (QED) is 0.799. The Hall–Kier alpha value is -3.85. The molecule has 4 rings (SSSR count). The third-order valence-corrected chi connectivity index (χ3v) is 5.62. The smallest absolute Gasteiger partial charge is 0.205 e. The summed E-state index contributed by atoms with van der Waals surface area (Å²) in [6.45, 7) is 0.649. The molecule has 158 valence electrons. The van der Waals surface area contributed by atoms with Gasteiger partial charge in [0.2, 0.25) is 5.88 Å². The summed E-state index contributed by atoms with van der Waals surface area (Å²) in [5.41, 5.74) is 10.8. The van der Waals surface area contributed by atoms with Gasteiger partial charge in [-0.25, -0.2) is 0 Å². The fourth-order valence-electron chi connectivity index (χ4n) is 4.13. The van der Waals surface area contributed by atoms with E-state index in [9.17, 15) is 5.26 Å². The second-order valence-electron chi connectivity index (χ2n) is 7.65. The molecule has 0 fully saturated rings. The number of nitrogens with zero attached hydrogens (tertiary/aromatic N) is 2. The predicted molar refractivity (Wildman–Crippen MR) is 118 cm³/mol.